The standard InChI is InChI=1S/C24H44N2O5/c1-17-6-7-20-18(2)21(5-4-10-25-11-13-26(14-12-25)15-16-27)29-23-22(20)19(17)8-9-24(3,30-23)31-28/h17-23,27-28H,4-16H2,1-3H3. The van der Waals surface area contributed by atoms with Crippen LogP contribution in [0, 0.1) is 29.6 Å². The summed E-state index contributed by atoms with van der Waals surface area (Å²) >= 11 is 0. The number of aliphatic hydroxyl groups excluding tert-OH is 1. The molecule has 7 nitrogen and oxygen atoms in total. The number of β-amino-alcohol motifs (C(OH)–C–C–N with tert-alkyl or cyclic N) is 1. The van der Waals surface area contributed by atoms with E-state index >= 15 is 0 Å². The SMILES string of the molecule is CC1CCC2C(C)C(CCCN3CCN(CCO)CC3)OC3OC(C)(OO)CCC1C32. The quantitative estimate of drug-likeness (QED) is 0.466. The van der Waals surface area contributed by atoms with Gasteiger partial charge in [0.2, 0.25) is 5.79 Å². The first-order valence-electron chi connectivity index (χ1n) is 12.7. The zero-order valence-corrected chi connectivity index (χ0v) is 19.7. The van der Waals surface area contributed by atoms with E-state index in [1.165, 1.54) is 12.8 Å². The summed E-state index contributed by atoms with van der Waals surface area (Å²) in [4.78, 5) is 9.69. The topological polar surface area (TPSA) is 74.6 Å². The predicted octanol–water partition coefficient (Wildman–Crippen LogP) is 3.03. The van der Waals surface area contributed by atoms with Crippen molar-refractivity contribution >= 4 is 0 Å². The van der Waals surface area contributed by atoms with Crippen molar-refractivity contribution in [1.29, 1.82) is 0 Å². The molecule has 2 N–H and O–H groups in total. The van der Waals surface area contributed by atoms with Crippen LogP contribution in [0.3, 0.4) is 0 Å². The molecule has 0 bridgehead atoms. The number of rotatable bonds is 7. The smallest absolute Gasteiger partial charge is 0.201 e. The fourth-order valence-electron chi connectivity index (χ4n) is 6.85. The lowest BCUT2D eigenvalue weighted by Gasteiger charge is -2.52. The van der Waals surface area contributed by atoms with E-state index in [9.17, 15) is 5.26 Å². The molecule has 8 unspecified atom stereocenters. The highest BCUT2D eigenvalue weighted by Gasteiger charge is 2.54. The van der Waals surface area contributed by atoms with Gasteiger partial charge in [-0.3, -0.25) is 4.90 Å². The molecule has 0 spiro atoms. The van der Waals surface area contributed by atoms with Crippen LogP contribution in [0.2, 0.25) is 0 Å². The van der Waals surface area contributed by atoms with Gasteiger partial charge in [-0.1, -0.05) is 20.3 Å². The molecular formula is C24H44N2O5. The molecule has 31 heavy (non-hydrogen) atoms. The Bertz CT molecular complexity index is 572. The van der Waals surface area contributed by atoms with E-state index < -0.39 is 5.79 Å². The molecule has 1 saturated carbocycles. The molecule has 4 aliphatic rings. The van der Waals surface area contributed by atoms with Crippen molar-refractivity contribution in [3.05, 3.63) is 0 Å². The molecule has 3 aliphatic heterocycles. The molecular weight excluding hydrogens is 396 g/mol. The van der Waals surface area contributed by atoms with Gasteiger partial charge in [0.15, 0.2) is 6.29 Å². The second-order valence-corrected chi connectivity index (χ2v) is 10.8. The molecule has 4 rings (SSSR count). The minimum Gasteiger partial charge on any atom is -0.395 e. The Morgan fingerprint density at radius 1 is 1.00 bits per heavy atom. The third kappa shape index (κ3) is 5.29. The van der Waals surface area contributed by atoms with Crippen LogP contribution in [0.25, 0.3) is 0 Å². The first-order valence-corrected chi connectivity index (χ1v) is 12.7. The van der Waals surface area contributed by atoms with Crippen molar-refractivity contribution in [2.45, 2.75) is 77.5 Å². The zero-order chi connectivity index (χ0) is 22.0. The van der Waals surface area contributed by atoms with Gasteiger partial charge in [0.05, 0.1) is 12.7 Å². The molecule has 4 fully saturated rings. The number of hydrogen-bond donors (Lipinski definition) is 2. The van der Waals surface area contributed by atoms with Gasteiger partial charge < -0.3 is 19.5 Å². The minimum absolute atomic E-state index is 0.206. The van der Waals surface area contributed by atoms with Gasteiger partial charge in [-0.05, 0) is 62.8 Å². The maximum Gasteiger partial charge on any atom is 0.201 e. The highest BCUT2D eigenvalue weighted by molar-refractivity contribution is 4.97. The van der Waals surface area contributed by atoms with E-state index in [4.69, 9.17) is 19.5 Å². The molecule has 0 aromatic carbocycles. The van der Waals surface area contributed by atoms with E-state index in [2.05, 4.69) is 23.6 Å². The lowest BCUT2D eigenvalue weighted by molar-refractivity contribution is -0.435. The van der Waals surface area contributed by atoms with E-state index in [1.54, 1.807) is 0 Å². The molecule has 3 heterocycles. The molecule has 1 aliphatic carbocycles. The van der Waals surface area contributed by atoms with Crippen LogP contribution in [0.4, 0.5) is 0 Å². The maximum atomic E-state index is 9.52. The van der Waals surface area contributed by atoms with Crippen LogP contribution in [0.1, 0.15) is 59.3 Å². The number of hydrogen-bond acceptors (Lipinski definition) is 7. The highest BCUT2D eigenvalue weighted by atomic mass is 17.1. The molecule has 180 valence electrons. The summed E-state index contributed by atoms with van der Waals surface area (Å²) in [6.45, 7) is 13.0. The van der Waals surface area contributed by atoms with Crippen LogP contribution >= 0.6 is 0 Å². The third-order valence-electron chi connectivity index (χ3n) is 8.89. The van der Waals surface area contributed by atoms with E-state index in [1.807, 2.05) is 6.92 Å². The summed E-state index contributed by atoms with van der Waals surface area (Å²) in [5.41, 5.74) is 0. The number of nitrogens with zero attached hydrogens (tertiary/aromatic N) is 2. The Morgan fingerprint density at radius 2 is 1.71 bits per heavy atom. The van der Waals surface area contributed by atoms with Crippen molar-refractivity contribution in [2.24, 2.45) is 29.6 Å². The largest absolute Gasteiger partial charge is 0.395 e. The number of aliphatic hydroxyl groups is 1. The molecule has 8 atom stereocenters. The summed E-state index contributed by atoms with van der Waals surface area (Å²) in [5, 5.41) is 18.6. The van der Waals surface area contributed by atoms with Gasteiger partial charge in [0.1, 0.15) is 0 Å². The van der Waals surface area contributed by atoms with E-state index in [0.29, 0.717) is 36.0 Å². The summed E-state index contributed by atoms with van der Waals surface area (Å²) < 4.78 is 13.0. The maximum absolute atomic E-state index is 9.52. The molecule has 0 amide bonds. The first kappa shape index (κ1) is 23.9. The second kappa shape index (κ2) is 10.3. The lowest BCUT2D eigenvalue weighted by atomic mass is 9.60. The van der Waals surface area contributed by atoms with Gasteiger partial charge in [-0.25, -0.2) is 10.1 Å². The number of ether oxygens (including phenoxy) is 2. The highest BCUT2D eigenvalue weighted by Crippen LogP contribution is 2.53. The van der Waals surface area contributed by atoms with Crippen molar-refractivity contribution in [3.63, 3.8) is 0 Å². The molecule has 0 aromatic rings. The van der Waals surface area contributed by atoms with Gasteiger partial charge >= 0.3 is 0 Å². The van der Waals surface area contributed by atoms with Crippen LogP contribution in [-0.2, 0) is 14.4 Å². The van der Waals surface area contributed by atoms with Gasteiger partial charge in [-0.2, -0.15) is 0 Å². The average molecular weight is 441 g/mol. The van der Waals surface area contributed by atoms with Crippen molar-refractivity contribution in [3.8, 4) is 0 Å². The molecule has 0 aromatic heterocycles. The van der Waals surface area contributed by atoms with Crippen molar-refractivity contribution < 1.29 is 24.7 Å². The second-order valence-electron chi connectivity index (χ2n) is 10.8. The summed E-state index contributed by atoms with van der Waals surface area (Å²) in [6.07, 6.45) is 6.39. The Hall–Kier alpha value is -0.280. The molecule has 0 radical (unpaired) electrons. The van der Waals surface area contributed by atoms with Gasteiger partial charge in [-0.15, -0.1) is 0 Å². The Morgan fingerprint density at radius 3 is 2.39 bits per heavy atom. The summed E-state index contributed by atoms with van der Waals surface area (Å²) in [7, 11) is 0. The van der Waals surface area contributed by atoms with Crippen LogP contribution in [0.5, 0.6) is 0 Å². The molecule has 3 saturated heterocycles. The zero-order valence-electron chi connectivity index (χ0n) is 19.7. The van der Waals surface area contributed by atoms with Crippen molar-refractivity contribution in [2.75, 3.05) is 45.9 Å². The third-order valence-corrected chi connectivity index (χ3v) is 8.89. The predicted molar refractivity (Wildman–Crippen MR) is 118 cm³/mol. The lowest BCUT2D eigenvalue weighted by Crippen LogP contribution is -2.54. The fourth-order valence-corrected chi connectivity index (χ4v) is 6.85. The normalized spacial score (nSPS) is 44.6. The van der Waals surface area contributed by atoms with Crippen molar-refractivity contribution in [1.82, 2.24) is 9.80 Å². The minimum atomic E-state index is -0.967. The van der Waals surface area contributed by atoms with E-state index in [-0.39, 0.29) is 19.0 Å². The van der Waals surface area contributed by atoms with Gasteiger partial charge in [0, 0.05) is 45.1 Å². The van der Waals surface area contributed by atoms with Crippen LogP contribution in [-0.4, -0.2) is 84.2 Å². The Labute approximate surface area is 187 Å². The van der Waals surface area contributed by atoms with Crippen LogP contribution < -0.4 is 0 Å². The fraction of sp³-hybridized carbons (Fsp3) is 1.00. The number of piperazine rings is 1. The molecule has 7 heteroatoms. The Balaban J connectivity index is 1.35. The Kier molecular flexibility index (Phi) is 7.95. The first-order chi connectivity index (χ1) is 14.9. The van der Waals surface area contributed by atoms with E-state index in [0.717, 1.165) is 58.5 Å². The summed E-state index contributed by atoms with van der Waals surface area (Å²) in [6, 6.07) is 0. The monoisotopic (exact) mass is 440 g/mol. The summed E-state index contributed by atoms with van der Waals surface area (Å²) in [5.74, 6) is 1.87. The van der Waals surface area contributed by atoms with Gasteiger partial charge in [0.25, 0.3) is 0 Å². The average Bonchev–Trinajstić information content (AvgIpc) is 2.92. The van der Waals surface area contributed by atoms with Crippen LogP contribution in [0.15, 0.2) is 0 Å².